The van der Waals surface area contributed by atoms with Gasteiger partial charge in [-0.1, -0.05) is 30.3 Å². The van der Waals surface area contributed by atoms with E-state index in [0.29, 0.717) is 5.57 Å². The fourth-order valence-corrected chi connectivity index (χ4v) is 1.66. The molecule has 0 saturated carbocycles. The third-order valence-electron chi connectivity index (χ3n) is 2.80. The topological polar surface area (TPSA) is 84.9 Å². The van der Waals surface area contributed by atoms with E-state index in [-0.39, 0.29) is 6.54 Å². The lowest BCUT2D eigenvalue weighted by molar-refractivity contribution is -0.144. The Morgan fingerprint density at radius 3 is 2.43 bits per heavy atom. The molecule has 6 nitrogen and oxygen atoms in total. The van der Waals surface area contributed by atoms with Crippen LogP contribution in [0.15, 0.2) is 35.9 Å². The summed E-state index contributed by atoms with van der Waals surface area (Å²) in [5.41, 5.74) is 1.17. The van der Waals surface area contributed by atoms with Gasteiger partial charge in [0.15, 0.2) is 0 Å². The van der Waals surface area contributed by atoms with E-state index < -0.39 is 24.6 Å². The van der Waals surface area contributed by atoms with Crippen molar-refractivity contribution < 1.29 is 24.2 Å². The van der Waals surface area contributed by atoms with Crippen molar-refractivity contribution >= 4 is 18.0 Å². The van der Waals surface area contributed by atoms with Crippen LogP contribution in [0.2, 0.25) is 0 Å². The first-order valence-corrected chi connectivity index (χ1v) is 6.38. The molecule has 1 aromatic rings. The Bertz CT molecular complexity index is 498. The van der Waals surface area contributed by atoms with Gasteiger partial charge in [-0.15, -0.1) is 0 Å². The number of esters is 2. The molecule has 0 bridgehead atoms. The molecule has 0 aliphatic heterocycles. The highest BCUT2D eigenvalue weighted by Gasteiger charge is 2.19. The van der Waals surface area contributed by atoms with Crippen LogP contribution in [-0.2, 0) is 19.1 Å². The van der Waals surface area contributed by atoms with Gasteiger partial charge in [0.05, 0.1) is 26.4 Å². The second-order valence-corrected chi connectivity index (χ2v) is 4.21. The van der Waals surface area contributed by atoms with Gasteiger partial charge < -0.3 is 14.6 Å². The number of nitrogens with one attached hydrogen (secondary N) is 1. The summed E-state index contributed by atoms with van der Waals surface area (Å²) in [6, 6.07) is 8.35. The number of benzene rings is 1. The van der Waals surface area contributed by atoms with Crippen molar-refractivity contribution in [2.45, 2.75) is 6.04 Å². The summed E-state index contributed by atoms with van der Waals surface area (Å²) in [5.74, 6) is -1.10. The van der Waals surface area contributed by atoms with Gasteiger partial charge in [-0.2, -0.15) is 0 Å². The summed E-state index contributed by atoms with van der Waals surface area (Å²) in [4.78, 5) is 23.1. The number of carbonyl (C=O) groups is 2. The first kappa shape index (κ1) is 16.9. The Hall–Kier alpha value is -2.18. The fraction of sp³-hybridized carbons (Fsp3) is 0.333. The lowest BCUT2D eigenvalue weighted by Crippen LogP contribution is -2.42. The molecular formula is C15H19NO5. The van der Waals surface area contributed by atoms with E-state index in [9.17, 15) is 9.59 Å². The number of carbonyl (C=O) groups excluding carboxylic acids is 2. The zero-order chi connectivity index (χ0) is 15.7. The molecule has 0 fully saturated rings. The Kier molecular flexibility index (Phi) is 7.14. The van der Waals surface area contributed by atoms with E-state index in [1.54, 1.807) is 6.08 Å². The van der Waals surface area contributed by atoms with Crippen LogP contribution in [0.1, 0.15) is 5.56 Å². The zero-order valence-corrected chi connectivity index (χ0v) is 12.0. The molecule has 0 radical (unpaired) electrons. The summed E-state index contributed by atoms with van der Waals surface area (Å²) in [7, 11) is 2.51. The molecule has 0 spiro atoms. The molecule has 0 heterocycles. The Labute approximate surface area is 123 Å². The fourth-order valence-electron chi connectivity index (χ4n) is 1.66. The van der Waals surface area contributed by atoms with Crippen LogP contribution in [0.3, 0.4) is 0 Å². The van der Waals surface area contributed by atoms with Gasteiger partial charge in [-0.05, 0) is 11.6 Å². The molecule has 1 aromatic carbocycles. The first-order valence-electron chi connectivity index (χ1n) is 6.38. The minimum atomic E-state index is -0.890. The summed E-state index contributed by atoms with van der Waals surface area (Å²) in [5, 5.41) is 11.9. The van der Waals surface area contributed by atoms with E-state index in [2.05, 4.69) is 10.1 Å². The highest BCUT2D eigenvalue weighted by atomic mass is 16.5. The van der Waals surface area contributed by atoms with Crippen LogP contribution in [0, 0.1) is 0 Å². The summed E-state index contributed by atoms with van der Waals surface area (Å²) in [6.45, 7) is -0.353. The highest BCUT2D eigenvalue weighted by molar-refractivity contribution is 5.94. The van der Waals surface area contributed by atoms with E-state index in [1.807, 2.05) is 30.3 Å². The lowest BCUT2D eigenvalue weighted by atomic mass is 10.1. The van der Waals surface area contributed by atoms with Crippen LogP contribution in [0.4, 0.5) is 0 Å². The smallest absolute Gasteiger partial charge is 0.335 e. The molecule has 0 unspecified atom stereocenters. The molecule has 6 heteroatoms. The molecule has 0 amide bonds. The predicted octanol–water partition coefficient (Wildman–Crippen LogP) is 0.366. The van der Waals surface area contributed by atoms with Crippen LogP contribution < -0.4 is 5.32 Å². The molecule has 2 N–H and O–H groups in total. The third-order valence-corrected chi connectivity index (χ3v) is 2.80. The maximum atomic E-state index is 11.7. The van der Waals surface area contributed by atoms with Crippen molar-refractivity contribution in [1.29, 1.82) is 0 Å². The molecule has 114 valence electrons. The summed E-state index contributed by atoms with van der Waals surface area (Å²) >= 11 is 0. The Morgan fingerprint density at radius 1 is 1.24 bits per heavy atom. The summed E-state index contributed by atoms with van der Waals surface area (Å²) in [6.07, 6.45) is 1.66. The van der Waals surface area contributed by atoms with Gasteiger partial charge in [0, 0.05) is 6.54 Å². The van der Waals surface area contributed by atoms with E-state index >= 15 is 0 Å². The van der Waals surface area contributed by atoms with Crippen molar-refractivity contribution in [2.24, 2.45) is 0 Å². The van der Waals surface area contributed by atoms with Gasteiger partial charge in [0.25, 0.3) is 0 Å². The van der Waals surface area contributed by atoms with Crippen LogP contribution in [-0.4, -0.2) is 50.5 Å². The van der Waals surface area contributed by atoms with Crippen molar-refractivity contribution in [3.63, 3.8) is 0 Å². The van der Waals surface area contributed by atoms with E-state index in [4.69, 9.17) is 9.84 Å². The number of aliphatic hydroxyl groups excluding tert-OH is 1. The van der Waals surface area contributed by atoms with Crippen molar-refractivity contribution in [3.8, 4) is 0 Å². The normalized spacial score (nSPS) is 12.6. The summed E-state index contributed by atoms with van der Waals surface area (Å²) < 4.78 is 9.25. The zero-order valence-electron chi connectivity index (χ0n) is 12.0. The Morgan fingerprint density at radius 2 is 1.90 bits per heavy atom. The van der Waals surface area contributed by atoms with Gasteiger partial charge in [-0.3, -0.25) is 10.1 Å². The van der Waals surface area contributed by atoms with Crippen LogP contribution in [0.5, 0.6) is 0 Å². The quantitative estimate of drug-likeness (QED) is 0.558. The molecular weight excluding hydrogens is 274 g/mol. The van der Waals surface area contributed by atoms with E-state index in [1.165, 1.54) is 14.2 Å². The molecule has 1 rings (SSSR count). The predicted molar refractivity (Wildman–Crippen MR) is 77.3 cm³/mol. The molecule has 21 heavy (non-hydrogen) atoms. The standard InChI is InChI=1S/C15H19NO5/c1-20-14(18)12(8-11-6-4-3-5-7-11)9-16-13(10-17)15(19)21-2/h3-8,13,16-17H,9-10H2,1-2H3/b12-8+/t13-/m0/s1. The molecule has 0 aliphatic rings. The maximum Gasteiger partial charge on any atom is 0.335 e. The van der Waals surface area contributed by atoms with Gasteiger partial charge in [0.1, 0.15) is 6.04 Å². The highest BCUT2D eigenvalue weighted by Crippen LogP contribution is 2.08. The van der Waals surface area contributed by atoms with Crippen LogP contribution >= 0.6 is 0 Å². The number of ether oxygens (including phenoxy) is 2. The van der Waals surface area contributed by atoms with Gasteiger partial charge in [0.2, 0.25) is 0 Å². The molecule has 0 aliphatic carbocycles. The Balaban J connectivity index is 2.82. The average molecular weight is 293 g/mol. The average Bonchev–Trinajstić information content (AvgIpc) is 2.54. The van der Waals surface area contributed by atoms with Gasteiger partial charge >= 0.3 is 11.9 Å². The monoisotopic (exact) mass is 293 g/mol. The number of methoxy groups -OCH3 is 2. The largest absolute Gasteiger partial charge is 0.468 e. The number of hydrogen-bond acceptors (Lipinski definition) is 6. The second kappa shape index (κ2) is 8.89. The van der Waals surface area contributed by atoms with Crippen molar-refractivity contribution in [1.82, 2.24) is 5.32 Å². The molecule has 0 saturated heterocycles. The van der Waals surface area contributed by atoms with E-state index in [0.717, 1.165) is 5.56 Å². The maximum absolute atomic E-state index is 11.7. The minimum absolute atomic E-state index is 0.0713. The van der Waals surface area contributed by atoms with Crippen LogP contribution in [0.25, 0.3) is 6.08 Å². The van der Waals surface area contributed by atoms with Crippen molar-refractivity contribution in [3.05, 3.63) is 41.5 Å². The number of aliphatic hydroxyl groups is 1. The third kappa shape index (κ3) is 5.37. The first-order chi connectivity index (χ1) is 10.1. The SMILES string of the molecule is COC(=O)/C(=C/c1ccccc1)CN[C@@H](CO)C(=O)OC. The minimum Gasteiger partial charge on any atom is -0.468 e. The van der Waals surface area contributed by atoms with Gasteiger partial charge in [-0.25, -0.2) is 4.79 Å². The lowest BCUT2D eigenvalue weighted by Gasteiger charge is -2.14. The number of rotatable bonds is 7. The van der Waals surface area contributed by atoms with Crippen molar-refractivity contribution in [2.75, 3.05) is 27.4 Å². The molecule has 0 aromatic heterocycles. The number of hydrogen-bond donors (Lipinski definition) is 2. The molecule has 1 atom stereocenters. The second-order valence-electron chi connectivity index (χ2n) is 4.21.